The monoisotopic (exact) mass is 227 g/mol. The Balaban J connectivity index is 2.68. The predicted octanol–water partition coefficient (Wildman–Crippen LogP) is 2.99. The van der Waals surface area contributed by atoms with Gasteiger partial charge < -0.3 is 4.98 Å². The van der Waals surface area contributed by atoms with Gasteiger partial charge in [0, 0.05) is 23.7 Å². The molecule has 0 fully saturated rings. The smallest absolute Gasteiger partial charge is 0.121 e. The van der Waals surface area contributed by atoms with Gasteiger partial charge >= 0.3 is 0 Å². The number of aromatic amines is 1. The van der Waals surface area contributed by atoms with E-state index in [1.807, 2.05) is 25.1 Å². The van der Waals surface area contributed by atoms with E-state index in [4.69, 9.17) is 17.5 Å². The SMILES string of the molecule is Cc1[nH]c(=S)c(C#N)cc1-c1ccncc1. The molecule has 0 aromatic carbocycles. The summed E-state index contributed by atoms with van der Waals surface area (Å²) < 4.78 is 0.484. The van der Waals surface area contributed by atoms with Crippen molar-refractivity contribution in [1.29, 1.82) is 5.26 Å². The normalized spacial score (nSPS) is 9.75. The Morgan fingerprint density at radius 3 is 2.69 bits per heavy atom. The Kier molecular flexibility index (Phi) is 2.80. The molecule has 0 amide bonds. The molecule has 0 aliphatic heterocycles. The Hall–Kier alpha value is -1.99. The van der Waals surface area contributed by atoms with E-state index < -0.39 is 0 Å². The van der Waals surface area contributed by atoms with Crippen molar-refractivity contribution in [2.45, 2.75) is 6.92 Å². The van der Waals surface area contributed by atoms with Gasteiger partial charge in [0.1, 0.15) is 10.7 Å². The molecule has 0 bridgehead atoms. The Labute approximate surface area is 98.4 Å². The summed E-state index contributed by atoms with van der Waals surface area (Å²) in [6, 6.07) is 7.70. The highest BCUT2D eigenvalue weighted by Crippen LogP contribution is 2.22. The van der Waals surface area contributed by atoms with Crippen molar-refractivity contribution in [3.05, 3.63) is 46.5 Å². The van der Waals surface area contributed by atoms with E-state index in [9.17, 15) is 0 Å². The number of nitrogens with zero attached hydrogens (tertiary/aromatic N) is 2. The first-order valence-corrected chi connectivity index (χ1v) is 5.17. The maximum absolute atomic E-state index is 8.93. The van der Waals surface area contributed by atoms with Crippen LogP contribution in [0.2, 0.25) is 0 Å². The highest BCUT2D eigenvalue weighted by Gasteiger charge is 2.05. The number of pyridine rings is 2. The molecule has 0 aliphatic carbocycles. The Bertz CT molecular complexity index is 608. The number of hydrogen-bond donors (Lipinski definition) is 1. The minimum atomic E-state index is 0.484. The third kappa shape index (κ3) is 1.86. The zero-order valence-corrected chi connectivity index (χ0v) is 9.51. The first-order valence-electron chi connectivity index (χ1n) is 4.77. The van der Waals surface area contributed by atoms with E-state index in [1.54, 1.807) is 12.4 Å². The second kappa shape index (κ2) is 4.25. The lowest BCUT2D eigenvalue weighted by molar-refractivity contribution is 1.17. The lowest BCUT2D eigenvalue weighted by Gasteiger charge is -2.06. The average molecular weight is 227 g/mol. The molecule has 4 heteroatoms. The molecule has 0 aliphatic rings. The van der Waals surface area contributed by atoms with Crippen LogP contribution in [0.5, 0.6) is 0 Å². The second-order valence-corrected chi connectivity index (χ2v) is 3.81. The lowest BCUT2D eigenvalue weighted by Crippen LogP contribution is -1.91. The van der Waals surface area contributed by atoms with E-state index in [-0.39, 0.29) is 0 Å². The third-order valence-corrected chi connectivity index (χ3v) is 2.67. The standard InChI is InChI=1S/C12H9N3S/c1-8-11(9-2-4-14-5-3-9)6-10(7-13)12(16)15-8/h2-6H,1H3,(H,15,16). The maximum atomic E-state index is 8.93. The van der Waals surface area contributed by atoms with Crippen molar-refractivity contribution >= 4 is 12.2 Å². The van der Waals surface area contributed by atoms with Gasteiger partial charge in [-0.2, -0.15) is 5.26 Å². The molecule has 0 saturated heterocycles. The molecule has 78 valence electrons. The summed E-state index contributed by atoms with van der Waals surface area (Å²) in [5.74, 6) is 0. The number of aryl methyl sites for hydroxylation is 1. The number of rotatable bonds is 1. The van der Waals surface area contributed by atoms with Crippen LogP contribution in [0.25, 0.3) is 11.1 Å². The minimum Gasteiger partial charge on any atom is -0.349 e. The van der Waals surface area contributed by atoms with E-state index in [0.29, 0.717) is 10.2 Å². The van der Waals surface area contributed by atoms with E-state index >= 15 is 0 Å². The molecule has 16 heavy (non-hydrogen) atoms. The molecule has 2 rings (SSSR count). The Morgan fingerprint density at radius 1 is 1.38 bits per heavy atom. The van der Waals surface area contributed by atoms with Gasteiger partial charge in [-0.25, -0.2) is 0 Å². The maximum Gasteiger partial charge on any atom is 0.121 e. The van der Waals surface area contributed by atoms with Crippen molar-refractivity contribution in [1.82, 2.24) is 9.97 Å². The molecule has 3 nitrogen and oxygen atoms in total. The summed E-state index contributed by atoms with van der Waals surface area (Å²) >= 11 is 5.06. The first-order chi connectivity index (χ1) is 7.72. The van der Waals surface area contributed by atoms with Gasteiger partial charge in [0.05, 0.1) is 5.56 Å². The van der Waals surface area contributed by atoms with Crippen molar-refractivity contribution in [3.8, 4) is 17.2 Å². The summed E-state index contributed by atoms with van der Waals surface area (Å²) in [5.41, 5.74) is 3.45. The van der Waals surface area contributed by atoms with Crippen LogP contribution in [0.3, 0.4) is 0 Å². The van der Waals surface area contributed by atoms with E-state index in [0.717, 1.165) is 16.8 Å². The molecule has 0 atom stereocenters. The van der Waals surface area contributed by atoms with Gasteiger partial charge in [-0.1, -0.05) is 12.2 Å². The molecular weight excluding hydrogens is 218 g/mol. The van der Waals surface area contributed by atoms with Gasteiger partial charge in [-0.3, -0.25) is 4.98 Å². The van der Waals surface area contributed by atoms with Crippen LogP contribution in [0.4, 0.5) is 0 Å². The fourth-order valence-corrected chi connectivity index (χ4v) is 1.80. The van der Waals surface area contributed by atoms with E-state index in [1.165, 1.54) is 0 Å². The molecule has 0 radical (unpaired) electrons. The zero-order valence-electron chi connectivity index (χ0n) is 8.69. The Morgan fingerprint density at radius 2 is 2.06 bits per heavy atom. The van der Waals surface area contributed by atoms with Gasteiger partial charge in [0.15, 0.2) is 0 Å². The minimum absolute atomic E-state index is 0.484. The lowest BCUT2D eigenvalue weighted by atomic mass is 10.0. The highest BCUT2D eigenvalue weighted by molar-refractivity contribution is 7.71. The quantitative estimate of drug-likeness (QED) is 0.762. The third-order valence-electron chi connectivity index (χ3n) is 2.35. The number of H-pyrrole nitrogens is 1. The largest absolute Gasteiger partial charge is 0.349 e. The van der Waals surface area contributed by atoms with Gasteiger partial charge in [-0.05, 0) is 30.7 Å². The number of nitriles is 1. The van der Waals surface area contributed by atoms with Crippen LogP contribution in [0, 0.1) is 22.9 Å². The summed E-state index contributed by atoms with van der Waals surface area (Å²) in [6.07, 6.45) is 3.45. The molecule has 0 unspecified atom stereocenters. The second-order valence-electron chi connectivity index (χ2n) is 3.40. The van der Waals surface area contributed by atoms with Gasteiger partial charge in [0.25, 0.3) is 0 Å². The molecule has 1 N–H and O–H groups in total. The predicted molar refractivity (Wildman–Crippen MR) is 64.3 cm³/mol. The van der Waals surface area contributed by atoms with Crippen LogP contribution in [-0.2, 0) is 0 Å². The average Bonchev–Trinajstić information content (AvgIpc) is 2.30. The van der Waals surface area contributed by atoms with E-state index in [2.05, 4.69) is 16.0 Å². The van der Waals surface area contributed by atoms with Crippen molar-refractivity contribution < 1.29 is 0 Å². The fraction of sp³-hybridized carbons (Fsp3) is 0.0833. The molecular formula is C12H9N3S. The van der Waals surface area contributed by atoms with Crippen molar-refractivity contribution in [3.63, 3.8) is 0 Å². The van der Waals surface area contributed by atoms with Crippen LogP contribution in [0.15, 0.2) is 30.6 Å². The van der Waals surface area contributed by atoms with Crippen molar-refractivity contribution in [2.24, 2.45) is 0 Å². The highest BCUT2D eigenvalue weighted by atomic mass is 32.1. The van der Waals surface area contributed by atoms with Crippen LogP contribution < -0.4 is 0 Å². The summed E-state index contributed by atoms with van der Waals surface area (Å²) in [5, 5.41) is 8.93. The topological polar surface area (TPSA) is 52.5 Å². The van der Waals surface area contributed by atoms with Crippen LogP contribution >= 0.6 is 12.2 Å². The fourth-order valence-electron chi connectivity index (χ4n) is 1.54. The molecule has 0 saturated carbocycles. The van der Waals surface area contributed by atoms with Crippen molar-refractivity contribution in [2.75, 3.05) is 0 Å². The summed E-state index contributed by atoms with van der Waals surface area (Å²) in [7, 11) is 0. The molecule has 0 spiro atoms. The first kappa shape index (κ1) is 10.5. The number of aromatic nitrogens is 2. The molecule has 2 aromatic heterocycles. The van der Waals surface area contributed by atoms with Gasteiger partial charge in [-0.15, -0.1) is 0 Å². The summed E-state index contributed by atoms with van der Waals surface area (Å²) in [6.45, 7) is 1.94. The molecule has 2 aromatic rings. The van der Waals surface area contributed by atoms with Crippen LogP contribution in [0.1, 0.15) is 11.3 Å². The molecule has 2 heterocycles. The van der Waals surface area contributed by atoms with Gasteiger partial charge in [0.2, 0.25) is 0 Å². The number of hydrogen-bond acceptors (Lipinski definition) is 3. The number of nitrogens with one attached hydrogen (secondary N) is 1. The van der Waals surface area contributed by atoms with Crippen LogP contribution in [-0.4, -0.2) is 9.97 Å². The zero-order chi connectivity index (χ0) is 11.5. The summed E-state index contributed by atoms with van der Waals surface area (Å²) in [4.78, 5) is 6.99.